The van der Waals surface area contributed by atoms with Gasteiger partial charge in [-0.3, -0.25) is 4.79 Å². The summed E-state index contributed by atoms with van der Waals surface area (Å²) in [5.41, 5.74) is 6.36. The molecule has 1 amide bonds. The van der Waals surface area contributed by atoms with E-state index in [4.69, 9.17) is 9.47 Å². The van der Waals surface area contributed by atoms with Crippen molar-refractivity contribution in [1.29, 1.82) is 0 Å². The van der Waals surface area contributed by atoms with E-state index in [0.29, 0.717) is 24.6 Å². The summed E-state index contributed by atoms with van der Waals surface area (Å²) >= 11 is 0. The first-order valence-electron chi connectivity index (χ1n) is 14.1. The number of hydrogen-bond donors (Lipinski definition) is 0. The van der Waals surface area contributed by atoms with Crippen molar-refractivity contribution in [2.75, 3.05) is 13.1 Å². The van der Waals surface area contributed by atoms with Gasteiger partial charge in [0.1, 0.15) is 11.5 Å². The van der Waals surface area contributed by atoms with Gasteiger partial charge in [-0.15, -0.1) is 0 Å². The fourth-order valence-corrected chi connectivity index (χ4v) is 4.59. The highest BCUT2D eigenvalue weighted by molar-refractivity contribution is 5.90. The number of amides is 1. The molecule has 5 nitrogen and oxygen atoms in total. The van der Waals surface area contributed by atoms with Crippen LogP contribution in [0.15, 0.2) is 12.1 Å². The first kappa shape index (κ1) is 32.4. The zero-order valence-corrected chi connectivity index (χ0v) is 27.1. The van der Waals surface area contributed by atoms with Crippen LogP contribution >= 0.6 is 0 Å². The molecule has 0 unspecified atom stereocenters. The molecule has 0 aliphatic rings. The van der Waals surface area contributed by atoms with Crippen molar-refractivity contribution in [3.63, 3.8) is 0 Å². The maximum atomic E-state index is 13.4. The Kier molecular flexibility index (Phi) is 9.43. The Labute approximate surface area is 237 Å². The van der Waals surface area contributed by atoms with E-state index in [1.807, 2.05) is 34.6 Å². The fraction of sp³-hybridized carbons (Fsp3) is 0.588. The minimum absolute atomic E-state index is 0.302. The quantitative estimate of drug-likeness (QED) is 0.282. The van der Waals surface area contributed by atoms with Gasteiger partial charge in [0.2, 0.25) is 0 Å². The van der Waals surface area contributed by atoms with Crippen LogP contribution in [0.5, 0.6) is 11.5 Å². The summed E-state index contributed by atoms with van der Waals surface area (Å²) in [7, 11) is 0. The van der Waals surface area contributed by atoms with Crippen LogP contribution in [0.4, 0.5) is 4.79 Å². The second kappa shape index (κ2) is 11.3. The molecule has 2 rings (SSSR count). The van der Waals surface area contributed by atoms with Crippen LogP contribution in [0, 0.1) is 33.1 Å². The van der Waals surface area contributed by atoms with E-state index in [1.165, 1.54) is 0 Å². The van der Waals surface area contributed by atoms with E-state index in [0.717, 1.165) is 44.5 Å². The Morgan fingerprint density at radius 2 is 1.03 bits per heavy atom. The van der Waals surface area contributed by atoms with Crippen LogP contribution < -0.4 is 9.47 Å². The Bertz CT molecular complexity index is 1250. The lowest BCUT2D eigenvalue weighted by Gasteiger charge is -2.32. The second-order valence-electron chi connectivity index (χ2n) is 13.8. The highest BCUT2D eigenvalue weighted by Gasteiger charge is 2.34. The smallest absolute Gasteiger partial charge is 0.415 e. The number of benzene rings is 2. The van der Waals surface area contributed by atoms with Crippen molar-refractivity contribution in [2.45, 2.75) is 115 Å². The summed E-state index contributed by atoms with van der Waals surface area (Å²) in [6.07, 6.45) is -0.385. The van der Waals surface area contributed by atoms with Gasteiger partial charge in [0, 0.05) is 35.3 Å². The topological polar surface area (TPSA) is 55.8 Å². The fourth-order valence-electron chi connectivity index (χ4n) is 4.59. The molecule has 0 N–H and O–H groups in total. The van der Waals surface area contributed by atoms with E-state index in [2.05, 4.69) is 81.4 Å². The summed E-state index contributed by atoms with van der Waals surface area (Å²) in [6, 6.07) is 4.25. The lowest BCUT2D eigenvalue weighted by atomic mass is 9.77. The third-order valence-electron chi connectivity index (χ3n) is 7.48. The molecular formula is C34H51NO4. The van der Waals surface area contributed by atoms with Crippen molar-refractivity contribution in [1.82, 2.24) is 4.90 Å². The molecule has 0 fully saturated rings. The molecule has 39 heavy (non-hydrogen) atoms. The Balaban J connectivity index is 3.19. The predicted octanol–water partition coefficient (Wildman–Crippen LogP) is 8.97. The number of hydrogen-bond acceptors (Lipinski definition) is 4. The number of ether oxygens (including phenoxy) is 2. The zero-order valence-electron chi connectivity index (χ0n) is 27.1. The third kappa shape index (κ3) is 6.85. The summed E-state index contributed by atoms with van der Waals surface area (Å²) in [4.78, 5) is 28.5. The van der Waals surface area contributed by atoms with Crippen molar-refractivity contribution in [3.8, 4) is 22.6 Å². The SMILES string of the molecule is CCN(CC)C(=O)Oc1c(C(C)(C)C)cc(C)c(C)c1-c1c(C)c(C)cc(C(C)(C)C)c1OC(=O)C(C)(C)C. The van der Waals surface area contributed by atoms with E-state index in [1.54, 1.807) is 4.90 Å². The lowest BCUT2D eigenvalue weighted by molar-refractivity contribution is -0.143. The minimum Gasteiger partial charge on any atom is -0.425 e. The van der Waals surface area contributed by atoms with Crippen molar-refractivity contribution < 1.29 is 19.1 Å². The number of rotatable bonds is 5. The normalized spacial score (nSPS) is 12.4. The maximum Gasteiger partial charge on any atom is 0.415 e. The van der Waals surface area contributed by atoms with Gasteiger partial charge >= 0.3 is 12.1 Å². The largest absolute Gasteiger partial charge is 0.425 e. The van der Waals surface area contributed by atoms with Gasteiger partial charge in [-0.25, -0.2) is 4.79 Å². The number of aryl methyl sites for hydroxylation is 2. The van der Waals surface area contributed by atoms with E-state index < -0.39 is 5.41 Å². The van der Waals surface area contributed by atoms with Crippen LogP contribution in [0.3, 0.4) is 0 Å². The molecule has 0 aliphatic carbocycles. The highest BCUT2D eigenvalue weighted by Crippen LogP contribution is 2.50. The monoisotopic (exact) mass is 537 g/mol. The molecular weight excluding hydrogens is 486 g/mol. The van der Waals surface area contributed by atoms with Crippen LogP contribution in [0.2, 0.25) is 0 Å². The first-order valence-corrected chi connectivity index (χ1v) is 14.1. The Morgan fingerprint density at radius 1 is 0.667 bits per heavy atom. The number of carbonyl (C=O) groups is 2. The van der Waals surface area contributed by atoms with E-state index in [-0.39, 0.29) is 22.9 Å². The highest BCUT2D eigenvalue weighted by atomic mass is 16.6. The summed E-state index contributed by atoms with van der Waals surface area (Å²) in [5.74, 6) is 0.767. The number of nitrogens with zero attached hydrogens (tertiary/aromatic N) is 1. The molecule has 0 saturated heterocycles. The number of esters is 1. The van der Waals surface area contributed by atoms with Crippen LogP contribution in [-0.2, 0) is 15.6 Å². The Morgan fingerprint density at radius 3 is 1.33 bits per heavy atom. The average Bonchev–Trinajstić information content (AvgIpc) is 2.78. The zero-order chi connectivity index (χ0) is 30.2. The molecule has 0 saturated carbocycles. The van der Waals surface area contributed by atoms with E-state index >= 15 is 0 Å². The van der Waals surface area contributed by atoms with Gasteiger partial charge in [-0.05, 0) is 95.4 Å². The first-order chi connectivity index (χ1) is 17.7. The molecule has 0 atom stereocenters. The van der Waals surface area contributed by atoms with Gasteiger partial charge in [0.25, 0.3) is 0 Å². The van der Waals surface area contributed by atoms with Crippen molar-refractivity contribution >= 4 is 12.1 Å². The molecule has 2 aromatic rings. The molecule has 0 aliphatic heterocycles. The van der Waals surface area contributed by atoms with Crippen molar-refractivity contribution in [3.05, 3.63) is 45.5 Å². The summed E-state index contributed by atoms with van der Waals surface area (Å²) in [5, 5.41) is 0. The molecule has 0 heterocycles. The van der Waals surface area contributed by atoms with Crippen LogP contribution in [0.25, 0.3) is 11.1 Å². The van der Waals surface area contributed by atoms with Crippen LogP contribution in [-0.4, -0.2) is 30.1 Å². The molecule has 0 radical (unpaired) electrons. The standard InChI is InChI=1S/C34H51NO4/c1-16-35(17-2)31(37)39-29-25(33(10,11)12)19-21(4)23(6)27(29)26-22(5)20(3)18-24(32(7,8)9)28(26)38-30(36)34(13,14)15/h18-19H,16-17H2,1-15H3. The summed E-state index contributed by atoms with van der Waals surface area (Å²) < 4.78 is 12.7. The van der Waals surface area contributed by atoms with Gasteiger partial charge in [-0.1, -0.05) is 53.7 Å². The summed E-state index contributed by atoms with van der Waals surface area (Å²) in [6.45, 7) is 31.6. The minimum atomic E-state index is -0.693. The molecule has 216 valence electrons. The second-order valence-corrected chi connectivity index (χ2v) is 13.8. The molecule has 5 heteroatoms. The van der Waals surface area contributed by atoms with Crippen molar-refractivity contribution in [2.24, 2.45) is 5.41 Å². The Hall–Kier alpha value is -2.82. The van der Waals surface area contributed by atoms with Gasteiger partial charge in [0.05, 0.1) is 5.41 Å². The van der Waals surface area contributed by atoms with E-state index in [9.17, 15) is 9.59 Å². The van der Waals surface area contributed by atoms with Gasteiger partial charge in [0.15, 0.2) is 0 Å². The molecule has 0 aromatic heterocycles. The maximum absolute atomic E-state index is 13.4. The predicted molar refractivity (Wildman–Crippen MR) is 162 cm³/mol. The molecule has 0 spiro atoms. The molecule has 0 bridgehead atoms. The van der Waals surface area contributed by atoms with Gasteiger partial charge in [-0.2, -0.15) is 0 Å². The third-order valence-corrected chi connectivity index (χ3v) is 7.48. The van der Waals surface area contributed by atoms with Gasteiger partial charge < -0.3 is 14.4 Å². The average molecular weight is 538 g/mol. The number of carbonyl (C=O) groups excluding carboxylic acids is 2. The van der Waals surface area contributed by atoms with Crippen LogP contribution in [0.1, 0.15) is 110 Å². The lowest BCUT2D eigenvalue weighted by Crippen LogP contribution is -2.34. The molecule has 2 aromatic carbocycles.